The summed E-state index contributed by atoms with van der Waals surface area (Å²) in [5, 5.41) is 0.142. The first kappa shape index (κ1) is 11.2. The minimum Gasteiger partial charge on any atom is -0.330 e. The van der Waals surface area contributed by atoms with Crippen molar-refractivity contribution in [2.45, 2.75) is 31.7 Å². The lowest BCUT2D eigenvalue weighted by molar-refractivity contribution is 0.172. The maximum absolute atomic E-state index is 13.4. The van der Waals surface area contributed by atoms with Crippen LogP contribution in [0.15, 0.2) is 12.1 Å². The molecule has 17 heavy (non-hydrogen) atoms. The summed E-state index contributed by atoms with van der Waals surface area (Å²) >= 11 is 11.2. The van der Waals surface area contributed by atoms with Crippen molar-refractivity contribution in [1.82, 2.24) is 9.55 Å². The van der Waals surface area contributed by atoms with E-state index in [1.54, 1.807) is 6.07 Å². The monoisotopic (exact) mass is 270 g/mol. The van der Waals surface area contributed by atoms with E-state index in [1.807, 2.05) is 0 Å². The Bertz CT molecular complexity index is 654. The topological polar surface area (TPSA) is 20.7 Å². The fourth-order valence-electron chi connectivity index (χ4n) is 2.55. The van der Waals surface area contributed by atoms with E-state index in [9.17, 15) is 4.39 Å². The van der Waals surface area contributed by atoms with Gasteiger partial charge in [-0.05, 0) is 44.5 Å². The number of nitrogens with zero attached hydrogens (tertiary/aromatic N) is 1. The summed E-state index contributed by atoms with van der Waals surface area (Å²) in [5.41, 5.74) is 1.66. The van der Waals surface area contributed by atoms with Gasteiger partial charge >= 0.3 is 0 Å². The summed E-state index contributed by atoms with van der Waals surface area (Å²) in [4.78, 5) is 3.05. The second-order valence-corrected chi connectivity index (χ2v) is 5.69. The molecule has 1 heterocycles. The van der Waals surface area contributed by atoms with Gasteiger partial charge in [0.15, 0.2) is 4.77 Å². The van der Waals surface area contributed by atoms with Gasteiger partial charge in [0.1, 0.15) is 5.82 Å². The van der Waals surface area contributed by atoms with E-state index < -0.39 is 5.82 Å². The average molecular weight is 271 g/mol. The lowest BCUT2D eigenvalue weighted by Gasteiger charge is -2.40. The third-order valence-electron chi connectivity index (χ3n) is 3.69. The van der Waals surface area contributed by atoms with Crippen LogP contribution in [0.5, 0.6) is 0 Å². The van der Waals surface area contributed by atoms with Crippen LogP contribution in [0.25, 0.3) is 11.0 Å². The zero-order valence-corrected chi connectivity index (χ0v) is 11.0. The Morgan fingerprint density at radius 1 is 1.47 bits per heavy atom. The van der Waals surface area contributed by atoms with Crippen molar-refractivity contribution in [3.63, 3.8) is 0 Å². The van der Waals surface area contributed by atoms with Gasteiger partial charge in [-0.25, -0.2) is 4.39 Å². The maximum atomic E-state index is 13.4. The van der Waals surface area contributed by atoms with Crippen LogP contribution in [0.4, 0.5) is 4.39 Å². The number of fused-ring (bicyclic) bond motifs is 1. The summed E-state index contributed by atoms with van der Waals surface area (Å²) in [6.07, 6.45) is 3.41. The zero-order valence-electron chi connectivity index (χ0n) is 9.39. The molecule has 1 N–H and O–H groups in total. The number of aromatic nitrogens is 2. The molecule has 0 spiro atoms. The van der Waals surface area contributed by atoms with Gasteiger partial charge in [-0.3, -0.25) is 0 Å². The molecular weight excluding hydrogens is 259 g/mol. The van der Waals surface area contributed by atoms with E-state index >= 15 is 0 Å². The summed E-state index contributed by atoms with van der Waals surface area (Å²) in [6, 6.07) is 3.06. The smallest absolute Gasteiger partial charge is 0.178 e. The van der Waals surface area contributed by atoms with E-state index in [0.29, 0.717) is 10.3 Å². The Labute approximate surface area is 108 Å². The third kappa shape index (κ3) is 1.54. The number of rotatable bonds is 1. The SMILES string of the molecule is CC1(n2c(=S)[nH]c3cc(F)c(Cl)cc32)CCC1. The maximum Gasteiger partial charge on any atom is 0.178 e. The van der Waals surface area contributed by atoms with Crippen molar-refractivity contribution in [3.05, 3.63) is 27.7 Å². The molecular formula is C12H12ClFN2S. The lowest BCUT2D eigenvalue weighted by Crippen LogP contribution is -2.37. The first-order valence-corrected chi connectivity index (χ1v) is 6.40. The Balaban J connectivity index is 2.34. The molecule has 0 amide bonds. The van der Waals surface area contributed by atoms with Crippen LogP contribution >= 0.6 is 23.8 Å². The highest BCUT2D eigenvalue weighted by atomic mass is 35.5. The predicted molar refractivity (Wildman–Crippen MR) is 69.6 cm³/mol. The van der Waals surface area contributed by atoms with Crippen molar-refractivity contribution >= 4 is 34.9 Å². The Morgan fingerprint density at radius 3 is 2.76 bits per heavy atom. The first-order chi connectivity index (χ1) is 8.01. The summed E-state index contributed by atoms with van der Waals surface area (Å²) in [7, 11) is 0. The molecule has 0 saturated heterocycles. The number of benzene rings is 1. The third-order valence-corrected chi connectivity index (χ3v) is 4.27. The Kier molecular flexibility index (Phi) is 2.35. The first-order valence-electron chi connectivity index (χ1n) is 5.61. The van der Waals surface area contributed by atoms with Crippen molar-refractivity contribution < 1.29 is 4.39 Å². The average Bonchev–Trinajstić information content (AvgIpc) is 2.52. The molecule has 90 valence electrons. The van der Waals surface area contributed by atoms with Crippen LogP contribution in [0.1, 0.15) is 26.2 Å². The fraction of sp³-hybridized carbons (Fsp3) is 0.417. The standard InChI is InChI=1S/C12H12ClFN2S/c1-12(3-2-4-12)16-10-5-7(13)8(14)6-9(10)15-11(16)17/h5-6H,2-4H2,1H3,(H,15,17). The fourth-order valence-corrected chi connectivity index (χ4v) is 3.14. The van der Waals surface area contributed by atoms with E-state index in [0.717, 1.165) is 18.4 Å². The van der Waals surface area contributed by atoms with Gasteiger partial charge in [0.2, 0.25) is 0 Å². The van der Waals surface area contributed by atoms with E-state index in [2.05, 4.69) is 16.5 Å². The largest absolute Gasteiger partial charge is 0.330 e. The molecule has 0 atom stereocenters. The van der Waals surface area contributed by atoms with E-state index in [4.69, 9.17) is 23.8 Å². The van der Waals surface area contributed by atoms with Crippen LogP contribution in [-0.2, 0) is 5.54 Å². The molecule has 1 aliphatic rings. The molecule has 0 aliphatic heterocycles. The highest BCUT2D eigenvalue weighted by Gasteiger charge is 2.35. The highest BCUT2D eigenvalue weighted by molar-refractivity contribution is 7.71. The molecule has 1 aromatic heterocycles. The molecule has 0 bridgehead atoms. The number of hydrogen-bond donors (Lipinski definition) is 1. The molecule has 1 aromatic carbocycles. The predicted octanol–water partition coefficient (Wildman–Crippen LogP) is 4.39. The summed E-state index contributed by atoms with van der Waals surface area (Å²) < 4.78 is 16.1. The number of H-pyrrole nitrogens is 1. The van der Waals surface area contributed by atoms with Gasteiger partial charge < -0.3 is 9.55 Å². The van der Waals surface area contributed by atoms with Crippen LogP contribution in [-0.4, -0.2) is 9.55 Å². The van der Waals surface area contributed by atoms with Gasteiger partial charge in [-0.15, -0.1) is 0 Å². The van der Waals surface area contributed by atoms with E-state index in [1.165, 1.54) is 12.5 Å². The second kappa shape index (κ2) is 3.56. The normalized spacial score (nSPS) is 18.3. The van der Waals surface area contributed by atoms with Crippen LogP contribution in [0.3, 0.4) is 0 Å². The van der Waals surface area contributed by atoms with Crippen molar-refractivity contribution in [2.75, 3.05) is 0 Å². The van der Waals surface area contributed by atoms with Crippen molar-refractivity contribution in [3.8, 4) is 0 Å². The van der Waals surface area contributed by atoms with Crippen LogP contribution < -0.4 is 0 Å². The second-order valence-electron chi connectivity index (χ2n) is 4.90. The highest BCUT2D eigenvalue weighted by Crippen LogP contribution is 2.41. The summed E-state index contributed by atoms with van der Waals surface area (Å²) in [5.74, 6) is -0.415. The molecule has 5 heteroatoms. The minimum atomic E-state index is -0.415. The number of hydrogen-bond acceptors (Lipinski definition) is 1. The Hall–Kier alpha value is -0.870. The number of halogens is 2. The molecule has 3 rings (SSSR count). The van der Waals surface area contributed by atoms with Crippen LogP contribution in [0.2, 0.25) is 5.02 Å². The lowest BCUT2D eigenvalue weighted by atomic mass is 9.78. The molecule has 0 radical (unpaired) electrons. The molecule has 1 aliphatic carbocycles. The number of nitrogens with one attached hydrogen (secondary N) is 1. The number of imidazole rings is 1. The quantitative estimate of drug-likeness (QED) is 0.762. The van der Waals surface area contributed by atoms with Gasteiger partial charge in [0.05, 0.1) is 16.1 Å². The molecule has 1 fully saturated rings. The molecule has 0 unspecified atom stereocenters. The van der Waals surface area contributed by atoms with Gasteiger partial charge in [-0.1, -0.05) is 11.6 Å². The molecule has 1 saturated carbocycles. The molecule has 2 nitrogen and oxygen atoms in total. The van der Waals surface area contributed by atoms with Gasteiger partial charge in [0, 0.05) is 11.6 Å². The van der Waals surface area contributed by atoms with Crippen molar-refractivity contribution in [2.24, 2.45) is 0 Å². The van der Waals surface area contributed by atoms with E-state index in [-0.39, 0.29) is 10.6 Å². The van der Waals surface area contributed by atoms with Gasteiger partial charge in [0.25, 0.3) is 0 Å². The van der Waals surface area contributed by atoms with Crippen molar-refractivity contribution in [1.29, 1.82) is 0 Å². The zero-order chi connectivity index (χ0) is 12.2. The summed E-state index contributed by atoms with van der Waals surface area (Å²) in [6.45, 7) is 2.18. The Morgan fingerprint density at radius 2 is 2.18 bits per heavy atom. The molecule has 2 aromatic rings. The number of aromatic amines is 1. The minimum absolute atomic E-state index is 0.0521. The van der Waals surface area contributed by atoms with Crippen LogP contribution in [0, 0.1) is 10.6 Å². The van der Waals surface area contributed by atoms with Gasteiger partial charge in [-0.2, -0.15) is 0 Å².